The maximum Gasteiger partial charge on any atom is 0.252 e. The number of nitrogens with zero attached hydrogens (tertiary/aromatic N) is 2. The molecule has 2 aliphatic rings. The number of carbonyl (C=O) groups excluding carboxylic acids is 3. The highest BCUT2D eigenvalue weighted by Gasteiger charge is 2.38. The Balaban J connectivity index is 1.43. The van der Waals surface area contributed by atoms with E-state index in [1.54, 1.807) is 18.1 Å². The van der Waals surface area contributed by atoms with Gasteiger partial charge in [0.15, 0.2) is 0 Å². The van der Waals surface area contributed by atoms with Crippen LogP contribution in [-0.2, 0) is 20.8 Å². The van der Waals surface area contributed by atoms with Crippen LogP contribution >= 0.6 is 0 Å². The molecule has 2 aromatic rings. The van der Waals surface area contributed by atoms with Gasteiger partial charge in [-0.25, -0.2) is 0 Å². The second-order valence-electron chi connectivity index (χ2n) is 7.56. The lowest BCUT2D eigenvalue weighted by Gasteiger charge is -2.21. The Morgan fingerprint density at radius 1 is 1.07 bits per heavy atom. The Hall–Kier alpha value is -3.35. The number of anilines is 2. The molecule has 2 aromatic carbocycles. The summed E-state index contributed by atoms with van der Waals surface area (Å²) in [7, 11) is 1.55. The lowest BCUT2D eigenvalue weighted by atomic mass is 10.1. The first-order valence-electron chi connectivity index (χ1n) is 10.2. The number of methoxy groups -OCH3 is 1. The van der Waals surface area contributed by atoms with E-state index in [0.717, 1.165) is 17.7 Å². The number of hydrogen-bond acceptors (Lipinski definition) is 5. The van der Waals surface area contributed by atoms with Crippen molar-refractivity contribution in [3.8, 4) is 5.75 Å². The standard InChI is InChI=1S/C23H25N3O4/c1-30-20-14-17(9-10-19(20)25-12-5-8-21(25)27)24-18-15-22(28)26(23(18)29)13-11-16-6-3-2-4-7-16/h2-4,6-7,9-10,14,18,24H,5,8,11-13,15H2,1H3. The van der Waals surface area contributed by atoms with Crippen LogP contribution in [0.5, 0.6) is 5.75 Å². The number of ether oxygens (including phenoxy) is 1. The SMILES string of the molecule is COc1cc(NC2CC(=O)N(CCc3ccccc3)C2=O)ccc1N1CCCC1=O. The molecular weight excluding hydrogens is 382 g/mol. The van der Waals surface area contributed by atoms with Gasteiger partial charge >= 0.3 is 0 Å². The van der Waals surface area contributed by atoms with Gasteiger partial charge in [0.25, 0.3) is 5.91 Å². The normalized spacial score (nSPS) is 19.0. The summed E-state index contributed by atoms with van der Waals surface area (Å²) in [4.78, 5) is 40.3. The second-order valence-corrected chi connectivity index (χ2v) is 7.56. The molecule has 0 bridgehead atoms. The van der Waals surface area contributed by atoms with Crippen molar-refractivity contribution in [3.63, 3.8) is 0 Å². The molecule has 2 heterocycles. The predicted octanol–water partition coefficient (Wildman–Crippen LogP) is 2.60. The van der Waals surface area contributed by atoms with E-state index in [-0.39, 0.29) is 24.1 Å². The zero-order valence-electron chi connectivity index (χ0n) is 17.0. The van der Waals surface area contributed by atoms with Crippen molar-refractivity contribution in [2.24, 2.45) is 0 Å². The highest BCUT2D eigenvalue weighted by Crippen LogP contribution is 2.34. The van der Waals surface area contributed by atoms with Crippen LogP contribution in [0.3, 0.4) is 0 Å². The quantitative estimate of drug-likeness (QED) is 0.714. The molecule has 30 heavy (non-hydrogen) atoms. The fraction of sp³-hybridized carbons (Fsp3) is 0.348. The largest absolute Gasteiger partial charge is 0.494 e. The van der Waals surface area contributed by atoms with Crippen LogP contribution in [0.1, 0.15) is 24.8 Å². The molecule has 1 unspecified atom stereocenters. The minimum absolute atomic E-state index is 0.0830. The van der Waals surface area contributed by atoms with Gasteiger partial charge in [-0.3, -0.25) is 19.3 Å². The van der Waals surface area contributed by atoms with Crippen molar-refractivity contribution in [2.75, 3.05) is 30.4 Å². The molecule has 156 valence electrons. The van der Waals surface area contributed by atoms with Crippen molar-refractivity contribution in [2.45, 2.75) is 31.7 Å². The minimum Gasteiger partial charge on any atom is -0.494 e. The van der Waals surface area contributed by atoms with E-state index in [4.69, 9.17) is 4.74 Å². The summed E-state index contributed by atoms with van der Waals surface area (Å²) >= 11 is 0. The van der Waals surface area contributed by atoms with Crippen LogP contribution in [0.15, 0.2) is 48.5 Å². The predicted molar refractivity (Wildman–Crippen MR) is 113 cm³/mol. The Labute approximate surface area is 175 Å². The van der Waals surface area contributed by atoms with Crippen LogP contribution in [0, 0.1) is 0 Å². The molecule has 3 amide bonds. The van der Waals surface area contributed by atoms with Crippen molar-refractivity contribution in [1.82, 2.24) is 4.90 Å². The van der Waals surface area contributed by atoms with Gasteiger partial charge in [0.1, 0.15) is 11.8 Å². The summed E-state index contributed by atoms with van der Waals surface area (Å²) in [6, 6.07) is 14.6. The van der Waals surface area contributed by atoms with Crippen LogP contribution in [0.25, 0.3) is 0 Å². The third-order valence-electron chi connectivity index (χ3n) is 5.60. The molecule has 4 rings (SSSR count). The molecule has 0 radical (unpaired) electrons. The molecular formula is C23H25N3O4. The number of rotatable bonds is 7. The highest BCUT2D eigenvalue weighted by molar-refractivity contribution is 6.07. The average Bonchev–Trinajstić information content (AvgIpc) is 3.30. The minimum atomic E-state index is -0.600. The van der Waals surface area contributed by atoms with Crippen molar-refractivity contribution in [1.29, 1.82) is 0 Å². The first-order valence-corrected chi connectivity index (χ1v) is 10.2. The Kier molecular flexibility index (Phi) is 5.70. The lowest BCUT2D eigenvalue weighted by Crippen LogP contribution is -2.36. The first-order chi connectivity index (χ1) is 14.6. The molecule has 2 fully saturated rings. The summed E-state index contributed by atoms with van der Waals surface area (Å²) in [6.45, 7) is 1.05. The molecule has 0 spiro atoms. The highest BCUT2D eigenvalue weighted by atomic mass is 16.5. The zero-order valence-corrected chi connectivity index (χ0v) is 17.0. The summed E-state index contributed by atoms with van der Waals surface area (Å²) in [5.74, 6) is 0.265. The van der Waals surface area contributed by atoms with Gasteiger partial charge in [-0.15, -0.1) is 0 Å². The summed E-state index contributed by atoms with van der Waals surface area (Å²) in [6.07, 6.45) is 2.14. The number of amides is 3. The third kappa shape index (κ3) is 4.01. The van der Waals surface area contributed by atoms with Gasteiger partial charge in [-0.1, -0.05) is 30.3 Å². The fourth-order valence-electron chi connectivity index (χ4n) is 4.01. The van der Waals surface area contributed by atoms with Gasteiger partial charge < -0.3 is 15.0 Å². The van der Waals surface area contributed by atoms with E-state index in [1.807, 2.05) is 42.5 Å². The van der Waals surface area contributed by atoms with Crippen molar-refractivity contribution < 1.29 is 19.1 Å². The van der Waals surface area contributed by atoms with Gasteiger partial charge in [0.05, 0.1) is 19.2 Å². The molecule has 2 aliphatic heterocycles. The number of imide groups is 1. The van der Waals surface area contributed by atoms with Crippen LogP contribution in [0.2, 0.25) is 0 Å². The third-order valence-corrected chi connectivity index (χ3v) is 5.60. The first kappa shape index (κ1) is 19.9. The van der Waals surface area contributed by atoms with Crippen molar-refractivity contribution in [3.05, 3.63) is 54.1 Å². The monoisotopic (exact) mass is 407 g/mol. The van der Waals surface area contributed by atoms with E-state index in [2.05, 4.69) is 5.32 Å². The number of carbonyl (C=O) groups is 3. The van der Waals surface area contributed by atoms with Gasteiger partial charge in [0.2, 0.25) is 11.8 Å². The lowest BCUT2D eigenvalue weighted by molar-refractivity contribution is -0.138. The molecule has 0 aliphatic carbocycles. The van der Waals surface area contributed by atoms with E-state index in [1.165, 1.54) is 4.90 Å². The van der Waals surface area contributed by atoms with E-state index in [9.17, 15) is 14.4 Å². The molecule has 1 N–H and O–H groups in total. The smallest absolute Gasteiger partial charge is 0.252 e. The molecule has 1 atom stereocenters. The van der Waals surface area contributed by atoms with Gasteiger partial charge in [-0.05, 0) is 30.5 Å². The fourth-order valence-corrected chi connectivity index (χ4v) is 4.01. The summed E-state index contributed by atoms with van der Waals surface area (Å²) in [5, 5.41) is 3.16. The molecule has 0 saturated carbocycles. The van der Waals surface area contributed by atoms with E-state index in [0.29, 0.717) is 37.4 Å². The van der Waals surface area contributed by atoms with Crippen LogP contribution in [0.4, 0.5) is 11.4 Å². The number of benzene rings is 2. The molecule has 2 saturated heterocycles. The Morgan fingerprint density at radius 2 is 1.87 bits per heavy atom. The number of hydrogen-bond donors (Lipinski definition) is 1. The summed E-state index contributed by atoms with van der Waals surface area (Å²) in [5.41, 5.74) is 2.49. The maximum atomic E-state index is 12.8. The topological polar surface area (TPSA) is 79.0 Å². The summed E-state index contributed by atoms with van der Waals surface area (Å²) < 4.78 is 5.47. The van der Waals surface area contributed by atoms with Crippen molar-refractivity contribution >= 4 is 29.1 Å². The number of likely N-dealkylation sites (tertiary alicyclic amines) is 1. The van der Waals surface area contributed by atoms with Gasteiger partial charge in [-0.2, -0.15) is 0 Å². The molecule has 0 aromatic heterocycles. The maximum absolute atomic E-state index is 12.8. The zero-order chi connectivity index (χ0) is 21.1. The van der Waals surface area contributed by atoms with Crippen LogP contribution in [-0.4, -0.2) is 48.9 Å². The molecule has 7 nitrogen and oxygen atoms in total. The Morgan fingerprint density at radius 3 is 2.57 bits per heavy atom. The Bertz CT molecular complexity index is 960. The average molecular weight is 407 g/mol. The number of nitrogens with one attached hydrogen (secondary N) is 1. The van der Waals surface area contributed by atoms with Crippen LogP contribution < -0.4 is 15.0 Å². The second kappa shape index (κ2) is 8.57. The van der Waals surface area contributed by atoms with E-state index < -0.39 is 6.04 Å². The van der Waals surface area contributed by atoms with Gasteiger partial charge in [0, 0.05) is 31.3 Å². The molecule has 7 heteroatoms. The van der Waals surface area contributed by atoms with E-state index >= 15 is 0 Å².